The van der Waals surface area contributed by atoms with Crippen LogP contribution in [0.25, 0.3) is 6.08 Å². The van der Waals surface area contributed by atoms with Crippen molar-refractivity contribution in [2.45, 2.75) is 18.9 Å². The van der Waals surface area contributed by atoms with E-state index < -0.39 is 6.10 Å². The van der Waals surface area contributed by atoms with E-state index in [1.807, 2.05) is 0 Å². The summed E-state index contributed by atoms with van der Waals surface area (Å²) in [4.78, 5) is 13.9. The molecule has 1 unspecified atom stereocenters. The summed E-state index contributed by atoms with van der Waals surface area (Å²) >= 11 is 0. The fraction of sp³-hybridized carbons (Fsp3) is 0.316. The number of amides is 1. The van der Waals surface area contributed by atoms with Crippen LogP contribution in [0, 0.1) is 11.7 Å². The summed E-state index contributed by atoms with van der Waals surface area (Å²) in [7, 11) is 0. The SMILES string of the molecule is O=C(C=Cc1ccco1)N1CCC(C(O)c2ccc(F)cc2)CC1. The molecule has 5 heteroatoms. The average Bonchev–Trinajstić information content (AvgIpc) is 3.13. The maximum Gasteiger partial charge on any atom is 0.246 e. The second-order valence-corrected chi connectivity index (χ2v) is 6.01. The number of aliphatic hydroxyl groups excluding tert-OH is 1. The van der Waals surface area contributed by atoms with Crippen molar-refractivity contribution in [3.63, 3.8) is 0 Å². The zero-order valence-electron chi connectivity index (χ0n) is 13.3. The Morgan fingerprint density at radius 1 is 1.25 bits per heavy atom. The van der Waals surface area contributed by atoms with Gasteiger partial charge in [0.15, 0.2) is 0 Å². The third-order valence-electron chi connectivity index (χ3n) is 4.44. The molecular formula is C19H20FNO3. The first-order chi connectivity index (χ1) is 11.6. The van der Waals surface area contributed by atoms with Crippen LogP contribution in [-0.4, -0.2) is 29.0 Å². The summed E-state index contributed by atoms with van der Waals surface area (Å²) < 4.78 is 18.1. The number of carbonyl (C=O) groups excluding carboxylic acids is 1. The molecule has 0 radical (unpaired) electrons. The van der Waals surface area contributed by atoms with Crippen LogP contribution in [-0.2, 0) is 4.79 Å². The maximum absolute atomic E-state index is 13.0. The zero-order chi connectivity index (χ0) is 16.9. The van der Waals surface area contributed by atoms with E-state index in [2.05, 4.69) is 0 Å². The number of benzene rings is 1. The normalized spacial score (nSPS) is 17.3. The van der Waals surface area contributed by atoms with Crippen LogP contribution in [0.3, 0.4) is 0 Å². The van der Waals surface area contributed by atoms with E-state index in [-0.39, 0.29) is 17.6 Å². The van der Waals surface area contributed by atoms with Gasteiger partial charge in [0.2, 0.25) is 5.91 Å². The lowest BCUT2D eigenvalue weighted by atomic mass is 9.87. The molecule has 1 amide bonds. The van der Waals surface area contributed by atoms with Crippen LogP contribution in [0.1, 0.15) is 30.3 Å². The fourth-order valence-corrected chi connectivity index (χ4v) is 3.01. The number of carbonyl (C=O) groups is 1. The number of hydrogen-bond donors (Lipinski definition) is 1. The summed E-state index contributed by atoms with van der Waals surface area (Å²) in [5.41, 5.74) is 0.721. The molecule has 2 aromatic rings. The van der Waals surface area contributed by atoms with Gasteiger partial charge in [0.05, 0.1) is 12.4 Å². The Morgan fingerprint density at radius 3 is 2.58 bits per heavy atom. The van der Waals surface area contributed by atoms with E-state index in [9.17, 15) is 14.3 Å². The first-order valence-electron chi connectivity index (χ1n) is 8.07. The van der Waals surface area contributed by atoms with Crippen LogP contribution in [0.4, 0.5) is 4.39 Å². The first-order valence-corrected chi connectivity index (χ1v) is 8.07. The lowest BCUT2D eigenvalue weighted by molar-refractivity contribution is -0.127. The molecule has 0 spiro atoms. The van der Waals surface area contributed by atoms with Gasteiger partial charge < -0.3 is 14.4 Å². The van der Waals surface area contributed by atoms with Crippen LogP contribution in [0.2, 0.25) is 0 Å². The molecule has 24 heavy (non-hydrogen) atoms. The van der Waals surface area contributed by atoms with Gasteiger partial charge in [-0.15, -0.1) is 0 Å². The van der Waals surface area contributed by atoms with E-state index in [1.165, 1.54) is 18.2 Å². The Bertz CT molecular complexity index is 686. The third-order valence-corrected chi connectivity index (χ3v) is 4.44. The molecule has 1 aromatic carbocycles. The lowest BCUT2D eigenvalue weighted by Crippen LogP contribution is -2.38. The molecule has 1 aliphatic rings. The summed E-state index contributed by atoms with van der Waals surface area (Å²) in [5, 5.41) is 10.4. The zero-order valence-corrected chi connectivity index (χ0v) is 13.3. The molecular weight excluding hydrogens is 309 g/mol. The Hall–Kier alpha value is -2.40. The monoisotopic (exact) mass is 329 g/mol. The van der Waals surface area contributed by atoms with E-state index in [4.69, 9.17) is 4.42 Å². The van der Waals surface area contributed by atoms with E-state index in [0.29, 0.717) is 18.8 Å². The molecule has 1 aromatic heterocycles. The first kappa shape index (κ1) is 16.5. The van der Waals surface area contributed by atoms with Crippen LogP contribution in [0.5, 0.6) is 0 Å². The second kappa shape index (κ2) is 7.45. The van der Waals surface area contributed by atoms with Crippen LogP contribution in [0.15, 0.2) is 53.2 Å². The van der Waals surface area contributed by atoms with Gasteiger partial charge in [-0.05, 0) is 54.7 Å². The number of rotatable bonds is 4. The van der Waals surface area contributed by atoms with Crippen molar-refractivity contribution in [1.29, 1.82) is 0 Å². The quantitative estimate of drug-likeness (QED) is 0.875. The summed E-state index contributed by atoms with van der Waals surface area (Å²) in [6.07, 6.45) is 5.54. The van der Waals surface area contributed by atoms with Crippen molar-refractivity contribution >= 4 is 12.0 Å². The molecule has 0 bridgehead atoms. The minimum atomic E-state index is -0.624. The summed E-state index contributed by atoms with van der Waals surface area (Å²) in [5.74, 6) is 0.356. The highest BCUT2D eigenvalue weighted by Crippen LogP contribution is 2.30. The number of likely N-dealkylation sites (tertiary alicyclic amines) is 1. The van der Waals surface area contributed by atoms with Crippen LogP contribution < -0.4 is 0 Å². The van der Waals surface area contributed by atoms with E-state index >= 15 is 0 Å². The van der Waals surface area contributed by atoms with Gasteiger partial charge in [0, 0.05) is 19.2 Å². The maximum atomic E-state index is 13.0. The smallest absolute Gasteiger partial charge is 0.246 e. The molecule has 3 rings (SSSR count). The predicted octanol–water partition coefficient (Wildman–Crippen LogP) is 3.40. The van der Waals surface area contributed by atoms with E-state index in [0.717, 1.165) is 18.4 Å². The molecule has 0 aliphatic carbocycles. The molecule has 1 atom stereocenters. The highest BCUT2D eigenvalue weighted by Gasteiger charge is 2.27. The van der Waals surface area contributed by atoms with Crippen molar-refractivity contribution in [2.75, 3.05) is 13.1 Å². The molecule has 126 valence electrons. The predicted molar refractivity (Wildman–Crippen MR) is 88.4 cm³/mol. The lowest BCUT2D eigenvalue weighted by Gasteiger charge is -2.33. The minimum absolute atomic E-state index is 0.0545. The number of aliphatic hydroxyl groups is 1. The topological polar surface area (TPSA) is 53.7 Å². The number of hydrogen-bond acceptors (Lipinski definition) is 3. The molecule has 1 fully saturated rings. The third kappa shape index (κ3) is 3.92. The van der Waals surface area contributed by atoms with Crippen LogP contribution >= 0.6 is 0 Å². The number of furan rings is 1. The Morgan fingerprint density at radius 2 is 1.96 bits per heavy atom. The van der Waals surface area contributed by atoms with Crippen molar-refractivity contribution in [3.8, 4) is 0 Å². The van der Waals surface area contributed by atoms with Gasteiger partial charge in [0.1, 0.15) is 11.6 Å². The molecule has 1 N–H and O–H groups in total. The highest BCUT2D eigenvalue weighted by molar-refractivity contribution is 5.91. The van der Waals surface area contributed by atoms with Gasteiger partial charge in [-0.2, -0.15) is 0 Å². The molecule has 4 nitrogen and oxygen atoms in total. The Kier molecular flexibility index (Phi) is 5.11. The number of nitrogens with zero attached hydrogens (tertiary/aromatic N) is 1. The van der Waals surface area contributed by atoms with Gasteiger partial charge >= 0.3 is 0 Å². The van der Waals surface area contributed by atoms with Crippen molar-refractivity contribution in [2.24, 2.45) is 5.92 Å². The van der Waals surface area contributed by atoms with Crippen molar-refractivity contribution in [3.05, 3.63) is 65.9 Å². The van der Waals surface area contributed by atoms with Crippen molar-refractivity contribution < 1.29 is 18.7 Å². The molecule has 2 heterocycles. The minimum Gasteiger partial charge on any atom is -0.465 e. The summed E-state index contributed by atoms with van der Waals surface area (Å²) in [6, 6.07) is 9.50. The van der Waals surface area contributed by atoms with Crippen molar-refractivity contribution in [1.82, 2.24) is 4.90 Å². The highest BCUT2D eigenvalue weighted by atomic mass is 19.1. The summed E-state index contributed by atoms with van der Waals surface area (Å²) in [6.45, 7) is 1.20. The largest absolute Gasteiger partial charge is 0.465 e. The van der Waals surface area contributed by atoms with E-state index in [1.54, 1.807) is 41.5 Å². The number of piperidine rings is 1. The standard InChI is InChI=1S/C19H20FNO3/c20-16-5-3-14(4-6-16)19(23)15-9-11-21(12-10-15)18(22)8-7-17-2-1-13-24-17/h1-8,13,15,19,23H,9-12H2. The Balaban J connectivity index is 1.53. The average molecular weight is 329 g/mol. The number of halogens is 1. The molecule has 0 saturated carbocycles. The van der Waals surface area contributed by atoms with Gasteiger partial charge in [0.25, 0.3) is 0 Å². The fourth-order valence-electron chi connectivity index (χ4n) is 3.01. The molecule has 1 aliphatic heterocycles. The molecule has 1 saturated heterocycles. The second-order valence-electron chi connectivity index (χ2n) is 6.01. The van der Waals surface area contributed by atoms with Gasteiger partial charge in [-0.3, -0.25) is 4.79 Å². The Labute approximate surface area is 140 Å². The van der Waals surface area contributed by atoms with Gasteiger partial charge in [-0.1, -0.05) is 12.1 Å². The van der Waals surface area contributed by atoms with Gasteiger partial charge in [-0.25, -0.2) is 4.39 Å².